The van der Waals surface area contributed by atoms with E-state index in [9.17, 15) is 9.59 Å². The van der Waals surface area contributed by atoms with Crippen molar-refractivity contribution in [2.45, 2.75) is 6.04 Å². The van der Waals surface area contributed by atoms with E-state index < -0.39 is 0 Å². The molecule has 2 fully saturated rings. The van der Waals surface area contributed by atoms with Gasteiger partial charge >= 0.3 is 0 Å². The smallest absolute Gasteiger partial charge is 0.233 e. The zero-order valence-corrected chi connectivity index (χ0v) is 16.2. The highest BCUT2D eigenvalue weighted by atomic mass is 35.5. The fraction of sp³-hybridized carbons (Fsp3) is 0.556. The van der Waals surface area contributed by atoms with Gasteiger partial charge in [0.2, 0.25) is 11.8 Å². The normalized spacial score (nSPS) is 20.9. The van der Waals surface area contributed by atoms with Crippen LogP contribution in [0.25, 0.3) is 0 Å². The summed E-state index contributed by atoms with van der Waals surface area (Å²) in [6.07, 6.45) is 0. The summed E-state index contributed by atoms with van der Waals surface area (Å²) >= 11 is 7.49. The van der Waals surface area contributed by atoms with Crippen molar-refractivity contribution in [2.24, 2.45) is 0 Å². The van der Waals surface area contributed by atoms with Gasteiger partial charge in [0.1, 0.15) is 0 Å². The minimum absolute atomic E-state index is 0.0227. The Hall–Kier alpha value is -1.28. The van der Waals surface area contributed by atoms with E-state index in [1.165, 1.54) is 11.8 Å². The van der Waals surface area contributed by atoms with Crippen molar-refractivity contribution in [3.63, 3.8) is 0 Å². The third-order valence-electron chi connectivity index (χ3n) is 4.61. The molecular formula is C18H24ClN3O3S. The number of halogens is 1. The summed E-state index contributed by atoms with van der Waals surface area (Å²) in [6, 6.07) is 7.63. The van der Waals surface area contributed by atoms with E-state index in [0.29, 0.717) is 55.9 Å². The van der Waals surface area contributed by atoms with E-state index in [1.54, 1.807) is 4.90 Å². The van der Waals surface area contributed by atoms with E-state index >= 15 is 0 Å². The van der Waals surface area contributed by atoms with Gasteiger partial charge in [0.25, 0.3) is 0 Å². The molecule has 6 nitrogen and oxygen atoms in total. The summed E-state index contributed by atoms with van der Waals surface area (Å²) < 4.78 is 5.26. The molecule has 0 aliphatic carbocycles. The zero-order valence-electron chi connectivity index (χ0n) is 14.7. The number of nitrogens with zero attached hydrogens (tertiary/aromatic N) is 2. The molecule has 0 saturated carbocycles. The Morgan fingerprint density at radius 3 is 2.73 bits per heavy atom. The van der Waals surface area contributed by atoms with Crippen LogP contribution in [0.3, 0.4) is 0 Å². The number of morpholine rings is 1. The summed E-state index contributed by atoms with van der Waals surface area (Å²) in [5, 5.41) is 4.01. The van der Waals surface area contributed by atoms with Crippen LogP contribution in [-0.4, -0.2) is 79.1 Å². The molecular weight excluding hydrogens is 374 g/mol. The molecule has 0 radical (unpaired) electrons. The Morgan fingerprint density at radius 2 is 1.96 bits per heavy atom. The van der Waals surface area contributed by atoms with Crippen LogP contribution >= 0.6 is 23.4 Å². The van der Waals surface area contributed by atoms with Crippen LogP contribution in [0, 0.1) is 0 Å². The van der Waals surface area contributed by atoms with E-state index in [2.05, 4.69) is 5.32 Å². The molecule has 2 aliphatic rings. The molecule has 0 bridgehead atoms. The number of piperazine rings is 1. The highest BCUT2D eigenvalue weighted by molar-refractivity contribution is 8.00. The molecule has 0 spiro atoms. The maximum Gasteiger partial charge on any atom is 0.233 e. The molecule has 1 atom stereocenters. The number of hydrogen-bond donors (Lipinski definition) is 1. The molecule has 1 aromatic rings. The summed E-state index contributed by atoms with van der Waals surface area (Å²) in [6.45, 7) is 4.62. The van der Waals surface area contributed by atoms with Crippen LogP contribution in [0.5, 0.6) is 0 Å². The SMILES string of the molecule is O=C(CSCC(=O)N1CCNCC1c1cccc(Cl)c1)N1CCOCC1. The highest BCUT2D eigenvalue weighted by Crippen LogP contribution is 2.25. The van der Waals surface area contributed by atoms with Crippen molar-refractivity contribution in [2.75, 3.05) is 57.4 Å². The lowest BCUT2D eigenvalue weighted by Crippen LogP contribution is -2.49. The second-order valence-corrected chi connectivity index (χ2v) is 7.77. The van der Waals surface area contributed by atoms with Gasteiger partial charge in [0.15, 0.2) is 0 Å². The summed E-state index contributed by atoms with van der Waals surface area (Å²) in [7, 11) is 0. The number of thioether (sulfide) groups is 1. The predicted octanol–water partition coefficient (Wildman–Crippen LogP) is 1.40. The Kier molecular flexibility index (Phi) is 7.19. The first-order chi connectivity index (χ1) is 12.6. The lowest BCUT2D eigenvalue weighted by molar-refractivity contribution is -0.132. The Balaban J connectivity index is 1.52. The number of nitrogens with one attached hydrogen (secondary N) is 1. The highest BCUT2D eigenvalue weighted by Gasteiger charge is 2.28. The van der Waals surface area contributed by atoms with Gasteiger partial charge in [-0.3, -0.25) is 9.59 Å². The van der Waals surface area contributed by atoms with Crippen molar-refractivity contribution in [1.29, 1.82) is 0 Å². The second-order valence-electron chi connectivity index (χ2n) is 6.35. The van der Waals surface area contributed by atoms with Gasteiger partial charge in [-0.2, -0.15) is 0 Å². The van der Waals surface area contributed by atoms with Crippen LogP contribution in [-0.2, 0) is 14.3 Å². The molecule has 2 heterocycles. The molecule has 2 amide bonds. The first-order valence-electron chi connectivity index (χ1n) is 8.84. The maximum absolute atomic E-state index is 12.7. The number of hydrogen-bond acceptors (Lipinski definition) is 5. The van der Waals surface area contributed by atoms with Crippen LogP contribution in [0.15, 0.2) is 24.3 Å². The predicted molar refractivity (Wildman–Crippen MR) is 103 cm³/mol. The molecule has 2 saturated heterocycles. The maximum atomic E-state index is 12.7. The number of rotatable bonds is 5. The quantitative estimate of drug-likeness (QED) is 0.813. The minimum Gasteiger partial charge on any atom is -0.378 e. The van der Waals surface area contributed by atoms with Gasteiger partial charge in [-0.15, -0.1) is 11.8 Å². The van der Waals surface area contributed by atoms with Gasteiger partial charge in [0.05, 0.1) is 30.8 Å². The molecule has 0 aromatic heterocycles. The summed E-state index contributed by atoms with van der Waals surface area (Å²) in [5.41, 5.74) is 1.03. The average molecular weight is 398 g/mol. The summed E-state index contributed by atoms with van der Waals surface area (Å²) in [4.78, 5) is 28.6. The van der Waals surface area contributed by atoms with Crippen LogP contribution in [0.2, 0.25) is 5.02 Å². The van der Waals surface area contributed by atoms with Crippen LogP contribution < -0.4 is 5.32 Å². The third kappa shape index (κ3) is 5.13. The molecule has 1 N–H and O–H groups in total. The van der Waals surface area contributed by atoms with Gasteiger partial charge in [-0.25, -0.2) is 0 Å². The number of carbonyl (C=O) groups excluding carboxylic acids is 2. The number of carbonyl (C=O) groups is 2. The fourth-order valence-electron chi connectivity index (χ4n) is 3.23. The summed E-state index contributed by atoms with van der Waals surface area (Å²) in [5.74, 6) is 0.793. The standard InChI is InChI=1S/C18H24ClN3O3S/c19-15-3-1-2-14(10-15)16-11-20-4-5-22(16)18(24)13-26-12-17(23)21-6-8-25-9-7-21/h1-3,10,16,20H,4-9,11-13H2. The molecule has 1 aromatic carbocycles. The lowest BCUT2D eigenvalue weighted by atomic mass is 10.0. The minimum atomic E-state index is -0.0227. The fourth-order valence-corrected chi connectivity index (χ4v) is 4.23. The van der Waals surface area contributed by atoms with Gasteiger partial charge in [-0.1, -0.05) is 23.7 Å². The van der Waals surface area contributed by atoms with Crippen molar-refractivity contribution in [1.82, 2.24) is 15.1 Å². The van der Waals surface area contributed by atoms with Crippen LogP contribution in [0.4, 0.5) is 0 Å². The third-order valence-corrected chi connectivity index (χ3v) is 5.75. The van der Waals surface area contributed by atoms with E-state index in [0.717, 1.165) is 12.1 Å². The van der Waals surface area contributed by atoms with Gasteiger partial charge in [-0.05, 0) is 17.7 Å². The van der Waals surface area contributed by atoms with Crippen molar-refractivity contribution in [3.05, 3.63) is 34.9 Å². The number of benzene rings is 1. The van der Waals surface area contributed by atoms with Crippen molar-refractivity contribution < 1.29 is 14.3 Å². The molecule has 1 unspecified atom stereocenters. The molecule has 8 heteroatoms. The number of amides is 2. The Morgan fingerprint density at radius 1 is 1.19 bits per heavy atom. The van der Waals surface area contributed by atoms with E-state index in [4.69, 9.17) is 16.3 Å². The van der Waals surface area contributed by atoms with Gasteiger partial charge < -0.3 is 19.9 Å². The van der Waals surface area contributed by atoms with Gasteiger partial charge in [0, 0.05) is 37.7 Å². The first-order valence-corrected chi connectivity index (χ1v) is 10.4. The first kappa shape index (κ1) is 19.5. The largest absolute Gasteiger partial charge is 0.378 e. The second kappa shape index (κ2) is 9.60. The Bertz CT molecular complexity index is 640. The molecule has 3 rings (SSSR count). The van der Waals surface area contributed by atoms with E-state index in [-0.39, 0.29) is 17.9 Å². The van der Waals surface area contributed by atoms with Crippen LogP contribution in [0.1, 0.15) is 11.6 Å². The monoisotopic (exact) mass is 397 g/mol. The topological polar surface area (TPSA) is 61.9 Å². The number of ether oxygens (including phenoxy) is 1. The molecule has 2 aliphatic heterocycles. The average Bonchev–Trinajstić information content (AvgIpc) is 2.68. The van der Waals surface area contributed by atoms with Crippen molar-refractivity contribution in [3.8, 4) is 0 Å². The van der Waals surface area contributed by atoms with E-state index in [1.807, 2.05) is 29.2 Å². The Labute approximate surface area is 163 Å². The lowest BCUT2D eigenvalue weighted by Gasteiger charge is -2.36. The zero-order chi connectivity index (χ0) is 18.4. The molecule has 26 heavy (non-hydrogen) atoms. The molecule has 142 valence electrons. The van der Waals surface area contributed by atoms with Crippen molar-refractivity contribution >= 4 is 35.2 Å².